The molecule has 0 radical (unpaired) electrons. The van der Waals surface area contributed by atoms with Crippen LogP contribution >= 0.6 is 0 Å². The second kappa shape index (κ2) is 5.52. The van der Waals surface area contributed by atoms with E-state index in [-0.39, 0.29) is 10.9 Å². The number of aromatic amines is 1. The number of hydrogen-bond donors (Lipinski definition) is 4. The lowest BCUT2D eigenvalue weighted by Gasteiger charge is -2.18. The van der Waals surface area contributed by atoms with Gasteiger partial charge in [-0.1, -0.05) is 6.08 Å². The molecule has 3 rings (SSSR count). The van der Waals surface area contributed by atoms with Crippen molar-refractivity contribution in [1.29, 1.82) is 5.53 Å². The van der Waals surface area contributed by atoms with Gasteiger partial charge in [-0.2, -0.15) is 0 Å². The Hall–Kier alpha value is -2.65. The number of nitrogens with zero attached hydrogens (tertiary/aromatic N) is 4. The maximum absolute atomic E-state index is 11.8. The van der Waals surface area contributed by atoms with Crippen molar-refractivity contribution >= 4 is 11.2 Å². The van der Waals surface area contributed by atoms with Gasteiger partial charge in [0.15, 0.2) is 10.6 Å². The Morgan fingerprint density at radius 1 is 1.70 bits per heavy atom. The van der Waals surface area contributed by atoms with Crippen LogP contribution in [0.5, 0.6) is 0 Å². The lowest BCUT2D eigenvalue weighted by molar-refractivity contribution is -0.126. The molecule has 0 spiro atoms. The fourth-order valence-corrected chi connectivity index (χ4v) is 2.78. The molecule has 0 amide bonds. The molecule has 0 aliphatic carbocycles. The smallest absolute Gasteiger partial charge is 0.293 e. The number of aromatic nitrogens is 3. The Balaban J connectivity index is 2.14. The molecule has 2 aromatic rings. The van der Waals surface area contributed by atoms with E-state index in [1.807, 2.05) is 0 Å². The number of hydrogen-bond acceptors (Lipinski definition) is 7. The first kappa shape index (κ1) is 15.3. The van der Waals surface area contributed by atoms with Crippen LogP contribution in [0.15, 0.2) is 41.2 Å². The summed E-state index contributed by atoms with van der Waals surface area (Å²) >= 11 is 0. The first-order chi connectivity index (χ1) is 11.1. The molecule has 120 valence electrons. The summed E-state index contributed by atoms with van der Waals surface area (Å²) in [7, 11) is 0. The minimum absolute atomic E-state index is 0.219. The molecule has 1 aliphatic heterocycles. The summed E-state index contributed by atoms with van der Waals surface area (Å²) in [5.74, 6) is -0.659. The minimum atomic E-state index is -1.77. The lowest BCUT2D eigenvalue weighted by atomic mass is 9.96. The zero-order valence-corrected chi connectivity index (χ0v) is 12.0. The van der Waals surface area contributed by atoms with Gasteiger partial charge in [-0.3, -0.25) is 9.36 Å². The number of aliphatic hydroxyl groups excluding tert-OH is 2. The van der Waals surface area contributed by atoms with E-state index in [4.69, 9.17) is 10.3 Å². The summed E-state index contributed by atoms with van der Waals surface area (Å²) in [6.45, 7) is 3.00. The molecule has 4 atom stereocenters. The van der Waals surface area contributed by atoms with Gasteiger partial charge < -0.3 is 19.9 Å². The third kappa shape index (κ3) is 2.13. The van der Waals surface area contributed by atoms with Gasteiger partial charge in [0.05, 0.1) is 12.2 Å². The second-order valence-electron chi connectivity index (χ2n) is 5.16. The first-order valence-electron chi connectivity index (χ1n) is 6.80. The van der Waals surface area contributed by atoms with Crippen LogP contribution in [0.3, 0.4) is 0 Å². The van der Waals surface area contributed by atoms with E-state index in [2.05, 4.69) is 26.6 Å². The topological polar surface area (TPSA) is 151 Å². The number of fused-ring (bicyclic) bond motifs is 1. The molecule has 3 heterocycles. The summed E-state index contributed by atoms with van der Waals surface area (Å²) in [4.78, 5) is 21.6. The monoisotopic (exact) mass is 319 g/mol. The van der Waals surface area contributed by atoms with Crippen LogP contribution in [0.2, 0.25) is 0 Å². The zero-order valence-electron chi connectivity index (χ0n) is 12.0. The third-order valence-electron chi connectivity index (χ3n) is 3.95. The van der Waals surface area contributed by atoms with Gasteiger partial charge in [-0.05, 0) is 0 Å². The number of rotatable bonds is 4. The van der Waals surface area contributed by atoms with E-state index in [1.165, 1.54) is 29.2 Å². The highest BCUT2D eigenvalue weighted by atomic mass is 16.6. The summed E-state index contributed by atoms with van der Waals surface area (Å²) in [5, 5.41) is 23.5. The van der Waals surface area contributed by atoms with Crippen LogP contribution < -0.4 is 10.3 Å². The van der Waals surface area contributed by atoms with E-state index in [0.29, 0.717) is 5.65 Å². The number of nitrogens with one attached hydrogen (secondary N) is 2. The largest absolute Gasteiger partial charge is 0.391 e. The number of pyridine rings is 1. The van der Waals surface area contributed by atoms with Crippen molar-refractivity contribution < 1.29 is 14.9 Å². The Bertz CT molecular complexity index is 854. The highest BCUT2D eigenvalue weighted by Gasteiger charge is 2.58. The zero-order chi connectivity index (χ0) is 16.6. The number of imidazole rings is 1. The van der Waals surface area contributed by atoms with Gasteiger partial charge in [0, 0.05) is 12.3 Å². The van der Waals surface area contributed by atoms with Crippen molar-refractivity contribution in [2.45, 2.75) is 18.1 Å². The fraction of sp³-hybridized carbons (Fsp3) is 0.385. The second-order valence-corrected chi connectivity index (χ2v) is 5.16. The fourth-order valence-electron chi connectivity index (χ4n) is 2.78. The van der Waals surface area contributed by atoms with Crippen LogP contribution in [0, 0.1) is 11.4 Å². The summed E-state index contributed by atoms with van der Waals surface area (Å²) in [6, 6.07) is 1.35. The summed E-state index contributed by atoms with van der Waals surface area (Å²) < 4.78 is 7.21. The van der Waals surface area contributed by atoms with Crippen molar-refractivity contribution in [3.05, 3.63) is 41.5 Å². The Labute approximate surface area is 129 Å². The van der Waals surface area contributed by atoms with Gasteiger partial charge in [-0.15, -0.1) is 6.58 Å². The van der Waals surface area contributed by atoms with Crippen molar-refractivity contribution in [3.8, 4) is 0 Å². The first-order valence-corrected chi connectivity index (χ1v) is 6.80. The van der Waals surface area contributed by atoms with Crippen LogP contribution in [0.4, 0.5) is 0 Å². The molecule has 1 aliphatic rings. The highest BCUT2D eigenvalue weighted by Crippen LogP contribution is 2.43. The molecule has 23 heavy (non-hydrogen) atoms. The van der Waals surface area contributed by atoms with Gasteiger partial charge in [0.25, 0.3) is 5.72 Å². The Kier molecular flexibility index (Phi) is 3.66. The quantitative estimate of drug-likeness (QED) is 0.345. The van der Waals surface area contributed by atoms with Crippen LogP contribution in [0.1, 0.15) is 6.23 Å². The molecule has 0 saturated carbocycles. The SMILES string of the molecule is C=C[C@@H]1[C@H](n2cnc3c(=O)cc[nH]c32)O[C@@](CO)(N=[N+]=N)[C@H]1O. The van der Waals surface area contributed by atoms with E-state index in [9.17, 15) is 15.0 Å². The highest BCUT2D eigenvalue weighted by molar-refractivity contribution is 5.70. The Morgan fingerprint density at radius 2 is 2.48 bits per heavy atom. The molecule has 4 N–H and O–H groups in total. The molecular weight excluding hydrogens is 304 g/mol. The lowest BCUT2D eigenvalue weighted by Crippen LogP contribution is -2.43. The Morgan fingerprint density at radius 3 is 3.13 bits per heavy atom. The molecule has 10 nitrogen and oxygen atoms in total. The summed E-state index contributed by atoms with van der Waals surface area (Å²) in [5.41, 5.74) is 5.47. The van der Waals surface area contributed by atoms with Gasteiger partial charge in [0.1, 0.15) is 30.1 Å². The maximum atomic E-state index is 11.8. The van der Waals surface area contributed by atoms with Crippen LogP contribution in [-0.2, 0) is 4.74 Å². The predicted octanol–water partition coefficient (Wildman–Crippen LogP) is -0.345. The van der Waals surface area contributed by atoms with Crippen molar-refractivity contribution in [2.75, 3.05) is 6.61 Å². The maximum Gasteiger partial charge on any atom is 0.293 e. The molecule has 2 aromatic heterocycles. The molecule has 1 fully saturated rings. The molecule has 10 heteroatoms. The summed E-state index contributed by atoms with van der Waals surface area (Å²) in [6.07, 6.45) is 2.22. The molecule has 1 saturated heterocycles. The van der Waals surface area contributed by atoms with E-state index in [0.717, 1.165) is 0 Å². The average Bonchev–Trinajstić information content (AvgIpc) is 3.09. The molecule has 0 unspecified atom stereocenters. The predicted molar refractivity (Wildman–Crippen MR) is 77.3 cm³/mol. The van der Waals surface area contributed by atoms with E-state index in [1.54, 1.807) is 0 Å². The van der Waals surface area contributed by atoms with Crippen molar-refractivity contribution in [2.24, 2.45) is 11.0 Å². The minimum Gasteiger partial charge on any atom is -0.391 e. The van der Waals surface area contributed by atoms with Crippen LogP contribution in [0.25, 0.3) is 11.2 Å². The normalized spacial score (nSPS) is 30.3. The van der Waals surface area contributed by atoms with Crippen LogP contribution in [-0.4, -0.2) is 43.2 Å². The molecule has 0 aromatic carbocycles. The third-order valence-corrected chi connectivity index (χ3v) is 3.95. The van der Waals surface area contributed by atoms with Crippen molar-refractivity contribution in [3.63, 3.8) is 0 Å². The van der Waals surface area contributed by atoms with Crippen molar-refractivity contribution in [1.82, 2.24) is 19.4 Å². The number of H-pyrrole nitrogens is 1. The van der Waals surface area contributed by atoms with Gasteiger partial charge in [0.2, 0.25) is 10.3 Å². The average molecular weight is 319 g/mol. The standard InChI is InChI=1S/C13H14N6O4/c1-2-7-10(22)13(5-20,17-18-14)23-12(7)19-6-16-9-8(21)3-4-15-11(9)19/h2-4,6-7,10,12,14,20,22H,1,5H2/p+1/t7-,10-,12+,13+/m0/s1. The van der Waals surface area contributed by atoms with Gasteiger partial charge in [-0.25, -0.2) is 4.98 Å². The molecular formula is C13H15N6O4+. The van der Waals surface area contributed by atoms with Gasteiger partial charge >= 0.3 is 0 Å². The van der Waals surface area contributed by atoms with E-state index >= 15 is 0 Å². The number of aliphatic hydroxyl groups is 2. The molecule has 0 bridgehead atoms. The number of ether oxygens (including phenoxy) is 1. The van der Waals surface area contributed by atoms with E-state index < -0.39 is 30.6 Å².